The molecule has 2 atom stereocenters. The van der Waals surface area contributed by atoms with E-state index in [0.717, 1.165) is 6.26 Å². The molecule has 0 aliphatic carbocycles. The van der Waals surface area contributed by atoms with E-state index in [1.807, 2.05) is 6.92 Å². The standard InChI is InChI=1S/C13H16O5S/c1-7-5-10(12-8(2)18-12)11(19(4,15)16)6-9(7)13(14)17-3/h5-6,8,12H,1-4H3/t8-,12+/m0/s1. The summed E-state index contributed by atoms with van der Waals surface area (Å²) in [5, 5.41) is 0. The quantitative estimate of drug-likeness (QED) is 0.623. The third-order valence-electron chi connectivity index (χ3n) is 3.18. The van der Waals surface area contributed by atoms with Crippen LogP contribution in [0.25, 0.3) is 0 Å². The number of benzene rings is 1. The third kappa shape index (κ3) is 2.64. The molecular weight excluding hydrogens is 268 g/mol. The number of epoxide rings is 1. The van der Waals surface area contributed by atoms with Crippen molar-refractivity contribution in [3.05, 3.63) is 28.8 Å². The van der Waals surface area contributed by atoms with Gasteiger partial charge in [-0.1, -0.05) is 6.07 Å². The molecular formula is C13H16O5S. The maximum atomic E-state index is 11.9. The lowest BCUT2D eigenvalue weighted by atomic mass is 10.0. The molecule has 0 radical (unpaired) electrons. The fourth-order valence-electron chi connectivity index (χ4n) is 2.10. The SMILES string of the molecule is COC(=O)c1cc(S(C)(=O)=O)c([C@@H]2O[C@H]2C)cc1C. The molecule has 104 valence electrons. The van der Waals surface area contributed by atoms with Crippen LogP contribution in [0.5, 0.6) is 0 Å². The number of methoxy groups -OCH3 is 1. The number of ether oxygens (including phenoxy) is 2. The topological polar surface area (TPSA) is 73.0 Å². The Bertz CT molecular complexity index is 633. The molecule has 19 heavy (non-hydrogen) atoms. The molecule has 1 aliphatic rings. The highest BCUT2D eigenvalue weighted by Gasteiger charge is 2.39. The minimum atomic E-state index is -3.43. The van der Waals surface area contributed by atoms with Gasteiger partial charge in [0.1, 0.15) is 6.10 Å². The van der Waals surface area contributed by atoms with Crippen molar-refractivity contribution < 1.29 is 22.7 Å². The van der Waals surface area contributed by atoms with Crippen LogP contribution in [0.4, 0.5) is 0 Å². The second kappa shape index (κ2) is 4.61. The van der Waals surface area contributed by atoms with E-state index in [0.29, 0.717) is 11.1 Å². The number of sulfone groups is 1. The zero-order valence-electron chi connectivity index (χ0n) is 11.3. The van der Waals surface area contributed by atoms with Gasteiger partial charge in [0.05, 0.1) is 23.7 Å². The molecule has 0 bridgehead atoms. The van der Waals surface area contributed by atoms with Gasteiger partial charge in [0.15, 0.2) is 9.84 Å². The second-order valence-corrected chi connectivity index (χ2v) is 6.71. The van der Waals surface area contributed by atoms with Gasteiger partial charge in [-0.3, -0.25) is 0 Å². The van der Waals surface area contributed by atoms with Gasteiger partial charge in [-0.15, -0.1) is 0 Å². The highest BCUT2D eigenvalue weighted by molar-refractivity contribution is 7.90. The fraction of sp³-hybridized carbons (Fsp3) is 0.462. The first-order chi connectivity index (χ1) is 8.75. The van der Waals surface area contributed by atoms with E-state index < -0.39 is 15.8 Å². The molecule has 0 saturated carbocycles. The van der Waals surface area contributed by atoms with Crippen molar-refractivity contribution in [2.24, 2.45) is 0 Å². The Morgan fingerprint density at radius 1 is 1.37 bits per heavy atom. The van der Waals surface area contributed by atoms with Crippen LogP contribution < -0.4 is 0 Å². The van der Waals surface area contributed by atoms with Crippen LogP contribution in [0.3, 0.4) is 0 Å². The number of hydrogen-bond acceptors (Lipinski definition) is 5. The zero-order chi connectivity index (χ0) is 14.4. The van der Waals surface area contributed by atoms with Crippen molar-refractivity contribution in [2.45, 2.75) is 31.0 Å². The molecule has 1 aliphatic heterocycles. The van der Waals surface area contributed by atoms with E-state index in [1.54, 1.807) is 13.0 Å². The molecule has 1 fully saturated rings. The molecule has 0 amide bonds. The molecule has 0 N–H and O–H groups in total. The fourth-order valence-corrected chi connectivity index (χ4v) is 3.03. The average molecular weight is 284 g/mol. The number of esters is 1. The molecule has 5 nitrogen and oxygen atoms in total. The summed E-state index contributed by atoms with van der Waals surface area (Å²) in [6.07, 6.45) is 0.911. The lowest BCUT2D eigenvalue weighted by Gasteiger charge is -2.11. The van der Waals surface area contributed by atoms with E-state index >= 15 is 0 Å². The van der Waals surface area contributed by atoms with Crippen LogP contribution in [0.15, 0.2) is 17.0 Å². The molecule has 1 aromatic carbocycles. The summed E-state index contributed by atoms with van der Waals surface area (Å²) in [5.74, 6) is -0.543. The van der Waals surface area contributed by atoms with Crippen LogP contribution in [0.2, 0.25) is 0 Å². The van der Waals surface area contributed by atoms with E-state index in [4.69, 9.17) is 4.74 Å². The number of carbonyl (C=O) groups excluding carboxylic acids is 1. The first kappa shape index (κ1) is 14.0. The third-order valence-corrected chi connectivity index (χ3v) is 4.33. The molecule has 1 heterocycles. The summed E-state index contributed by atoms with van der Waals surface area (Å²) in [5.41, 5.74) is 1.55. The predicted molar refractivity (Wildman–Crippen MR) is 68.9 cm³/mol. The van der Waals surface area contributed by atoms with Crippen molar-refractivity contribution in [1.29, 1.82) is 0 Å². The maximum absolute atomic E-state index is 11.9. The number of rotatable bonds is 3. The largest absolute Gasteiger partial charge is 0.465 e. The summed E-state index contributed by atoms with van der Waals surface area (Å²) in [6.45, 7) is 3.62. The minimum Gasteiger partial charge on any atom is -0.465 e. The van der Waals surface area contributed by atoms with Gasteiger partial charge in [0.2, 0.25) is 0 Å². The van der Waals surface area contributed by atoms with E-state index in [-0.39, 0.29) is 22.7 Å². The van der Waals surface area contributed by atoms with Crippen molar-refractivity contribution >= 4 is 15.8 Å². The summed E-state index contributed by atoms with van der Waals surface area (Å²) >= 11 is 0. The van der Waals surface area contributed by atoms with Gasteiger partial charge in [-0.25, -0.2) is 13.2 Å². The smallest absolute Gasteiger partial charge is 0.338 e. The molecule has 0 spiro atoms. The average Bonchev–Trinajstić information content (AvgIpc) is 3.03. The minimum absolute atomic E-state index is 0.00359. The normalized spacial score (nSPS) is 22.1. The maximum Gasteiger partial charge on any atom is 0.338 e. The first-order valence-corrected chi connectivity index (χ1v) is 7.73. The van der Waals surface area contributed by atoms with E-state index in [2.05, 4.69) is 4.74 Å². The number of carbonyl (C=O) groups is 1. The molecule has 6 heteroatoms. The van der Waals surface area contributed by atoms with Crippen LogP contribution in [-0.4, -0.2) is 33.9 Å². The Morgan fingerprint density at radius 3 is 2.37 bits per heavy atom. The molecule has 1 saturated heterocycles. The van der Waals surface area contributed by atoms with E-state index in [9.17, 15) is 13.2 Å². The Labute approximate surface area is 112 Å². The Balaban J connectivity index is 2.63. The van der Waals surface area contributed by atoms with Crippen molar-refractivity contribution in [3.8, 4) is 0 Å². The molecule has 2 rings (SSSR count). The van der Waals surface area contributed by atoms with E-state index in [1.165, 1.54) is 13.2 Å². The zero-order valence-corrected chi connectivity index (χ0v) is 12.1. The lowest BCUT2D eigenvalue weighted by Crippen LogP contribution is -2.10. The van der Waals surface area contributed by atoms with Crippen molar-refractivity contribution in [1.82, 2.24) is 0 Å². The summed E-state index contributed by atoms with van der Waals surface area (Å²) in [7, 11) is -2.16. The summed E-state index contributed by atoms with van der Waals surface area (Å²) in [6, 6.07) is 3.07. The molecule has 1 aromatic rings. The van der Waals surface area contributed by atoms with Gasteiger partial charge in [0, 0.05) is 11.8 Å². The van der Waals surface area contributed by atoms with Gasteiger partial charge in [-0.2, -0.15) is 0 Å². The van der Waals surface area contributed by atoms with Gasteiger partial charge < -0.3 is 9.47 Å². The Morgan fingerprint density at radius 2 is 1.95 bits per heavy atom. The Hall–Kier alpha value is -1.40. The van der Waals surface area contributed by atoms with Gasteiger partial charge in [-0.05, 0) is 25.5 Å². The monoisotopic (exact) mass is 284 g/mol. The van der Waals surface area contributed by atoms with Crippen LogP contribution in [0, 0.1) is 6.92 Å². The first-order valence-electron chi connectivity index (χ1n) is 5.84. The predicted octanol–water partition coefficient (Wildman–Crippen LogP) is 1.64. The molecule has 0 unspecified atom stereocenters. The Kier molecular flexibility index (Phi) is 3.40. The summed E-state index contributed by atoms with van der Waals surface area (Å²) < 4.78 is 33.7. The van der Waals surface area contributed by atoms with Crippen LogP contribution >= 0.6 is 0 Å². The van der Waals surface area contributed by atoms with Gasteiger partial charge in [0.25, 0.3) is 0 Å². The summed E-state index contributed by atoms with van der Waals surface area (Å²) in [4.78, 5) is 11.8. The van der Waals surface area contributed by atoms with Crippen molar-refractivity contribution in [3.63, 3.8) is 0 Å². The highest BCUT2D eigenvalue weighted by Crippen LogP contribution is 2.42. The highest BCUT2D eigenvalue weighted by atomic mass is 32.2. The molecule has 0 aromatic heterocycles. The number of hydrogen-bond donors (Lipinski definition) is 0. The van der Waals surface area contributed by atoms with Gasteiger partial charge >= 0.3 is 5.97 Å². The lowest BCUT2D eigenvalue weighted by molar-refractivity contribution is 0.0599. The van der Waals surface area contributed by atoms with Crippen LogP contribution in [0.1, 0.15) is 34.5 Å². The number of aryl methyl sites for hydroxylation is 1. The van der Waals surface area contributed by atoms with Crippen molar-refractivity contribution in [2.75, 3.05) is 13.4 Å². The second-order valence-electron chi connectivity index (χ2n) is 4.73. The van der Waals surface area contributed by atoms with Crippen LogP contribution in [-0.2, 0) is 19.3 Å².